The summed E-state index contributed by atoms with van der Waals surface area (Å²) in [4.78, 5) is 50.9. The summed E-state index contributed by atoms with van der Waals surface area (Å²) in [6, 6.07) is 22.7. The molecule has 0 saturated heterocycles. The molecule has 1 aromatic heterocycles. The Morgan fingerprint density at radius 3 is 1.95 bits per heavy atom. The number of hydrazine groups is 3. The number of nitrogens with one attached hydrogen (secondary N) is 7. The molecule has 0 aliphatic heterocycles. The number of anilines is 3. The van der Waals surface area contributed by atoms with E-state index < -0.39 is 33.8 Å². The first-order valence-electron chi connectivity index (χ1n) is 17.7. The van der Waals surface area contributed by atoms with Crippen LogP contribution in [0.1, 0.15) is 29.8 Å². The minimum Gasteiger partial charge on any atom is -0.493 e. The zero-order chi connectivity index (χ0) is 43.7. The third-order valence-electron chi connectivity index (χ3n) is 7.70. The van der Waals surface area contributed by atoms with Gasteiger partial charge in [-0.15, -0.1) is 0 Å². The summed E-state index contributed by atoms with van der Waals surface area (Å²) in [5.41, 5.74) is 18.8. The Balaban J connectivity index is 0.000000287. The van der Waals surface area contributed by atoms with E-state index in [2.05, 4.69) is 47.8 Å². The summed E-state index contributed by atoms with van der Waals surface area (Å²) >= 11 is 5.02. The van der Waals surface area contributed by atoms with Crippen LogP contribution in [-0.4, -0.2) is 56.7 Å². The van der Waals surface area contributed by atoms with Gasteiger partial charge in [-0.2, -0.15) is 13.2 Å². The lowest BCUT2D eigenvalue weighted by Gasteiger charge is -2.13. The third kappa shape index (κ3) is 14.7. The topological polar surface area (TPSA) is 249 Å². The number of carbonyl (C=O) groups excluding carboxylic acids is 2. The van der Waals surface area contributed by atoms with E-state index >= 15 is 0 Å². The number of thiocarbonyl (C=S) groups is 1. The molecule has 1 heterocycles. The number of urea groups is 1. The van der Waals surface area contributed by atoms with Gasteiger partial charge in [0.1, 0.15) is 5.75 Å². The molecule has 0 aliphatic rings. The lowest BCUT2D eigenvalue weighted by molar-refractivity contribution is -0.385. The monoisotopic (exact) mass is 853 g/mol. The van der Waals surface area contributed by atoms with Crippen molar-refractivity contribution >= 4 is 68.8 Å². The van der Waals surface area contributed by atoms with Gasteiger partial charge in [0, 0.05) is 42.6 Å². The van der Waals surface area contributed by atoms with Gasteiger partial charge in [-0.1, -0.05) is 29.8 Å². The van der Waals surface area contributed by atoms with E-state index in [0.717, 1.165) is 16.9 Å². The average Bonchev–Trinajstić information content (AvgIpc) is 3.22. The fraction of sp³-hybridized carbons (Fsp3) is 0.216. The van der Waals surface area contributed by atoms with E-state index in [1.165, 1.54) is 66.7 Å². The molecule has 2 amide bonds. The predicted octanol–water partition coefficient (Wildman–Crippen LogP) is 6.62. The number of nitrogens with zero attached hydrogens (tertiary/aromatic N) is 4. The number of aromatic nitrogens is 2. The normalized spacial score (nSPS) is 10.6. The van der Waals surface area contributed by atoms with Crippen LogP contribution >= 0.6 is 12.2 Å². The Labute approximate surface area is 344 Å². The summed E-state index contributed by atoms with van der Waals surface area (Å²) in [5.74, 6) is -1.29. The molecule has 60 heavy (non-hydrogen) atoms. The molecule has 19 nitrogen and oxygen atoms in total. The van der Waals surface area contributed by atoms with E-state index in [9.17, 15) is 43.0 Å². The Bertz CT molecular complexity index is 2220. The number of benzene rings is 4. The van der Waals surface area contributed by atoms with Crippen LogP contribution in [0.2, 0.25) is 0 Å². The molecule has 0 aliphatic carbocycles. The van der Waals surface area contributed by atoms with Gasteiger partial charge in [0.15, 0.2) is 5.82 Å². The Kier molecular flexibility index (Phi) is 16.4. The Morgan fingerprint density at radius 1 is 0.783 bits per heavy atom. The van der Waals surface area contributed by atoms with E-state index in [1.807, 2.05) is 32.0 Å². The fourth-order valence-electron chi connectivity index (χ4n) is 4.82. The van der Waals surface area contributed by atoms with Gasteiger partial charge >= 0.3 is 18.2 Å². The highest BCUT2D eigenvalue weighted by molar-refractivity contribution is 7.80. The first kappa shape index (κ1) is 45.1. The molecular weight excluding hydrogens is 816 g/mol. The minimum absolute atomic E-state index is 0.0129. The van der Waals surface area contributed by atoms with Crippen molar-refractivity contribution in [3.8, 4) is 5.75 Å². The zero-order valence-electron chi connectivity index (χ0n) is 31.8. The van der Waals surface area contributed by atoms with Gasteiger partial charge in [0.25, 0.3) is 11.4 Å². The zero-order valence-corrected chi connectivity index (χ0v) is 32.6. The van der Waals surface area contributed by atoms with Crippen LogP contribution < -0.4 is 42.6 Å². The van der Waals surface area contributed by atoms with Crippen molar-refractivity contribution in [1.82, 2.24) is 31.6 Å². The third-order valence-corrected chi connectivity index (χ3v) is 7.91. The van der Waals surface area contributed by atoms with Gasteiger partial charge in [-0.3, -0.25) is 57.6 Å². The van der Waals surface area contributed by atoms with Crippen LogP contribution in [-0.2, 0) is 15.7 Å². The van der Waals surface area contributed by atoms with Crippen molar-refractivity contribution in [2.45, 2.75) is 32.9 Å². The summed E-state index contributed by atoms with van der Waals surface area (Å²) in [6.45, 7) is 4.47. The number of hydrogen-bond acceptors (Lipinski definition) is 14. The maximum atomic E-state index is 13.1. The lowest BCUT2D eigenvalue weighted by atomic mass is 10.1. The van der Waals surface area contributed by atoms with Gasteiger partial charge in [-0.25, -0.2) is 14.8 Å². The quantitative estimate of drug-likeness (QED) is 0.0181. The number of carbonyl (C=O) groups is 2. The highest BCUT2D eigenvalue weighted by Gasteiger charge is 2.35. The van der Waals surface area contributed by atoms with Crippen LogP contribution in [0.15, 0.2) is 91.0 Å². The highest BCUT2D eigenvalue weighted by Crippen LogP contribution is 2.30. The largest absolute Gasteiger partial charge is 0.493 e. The smallest absolute Gasteiger partial charge is 0.451 e. The molecular formula is C37H38F3N11O8S. The molecule has 0 fully saturated rings. The molecule has 5 rings (SSSR count). The number of hydrogen-bond donors (Lipinski definition) is 7. The number of non-ortho nitro benzene ring substituents is 2. The van der Waals surface area contributed by atoms with Crippen LogP contribution in [0.5, 0.6) is 5.75 Å². The molecule has 316 valence electrons. The van der Waals surface area contributed by atoms with Gasteiger partial charge < -0.3 is 14.8 Å². The van der Waals surface area contributed by atoms with Crippen molar-refractivity contribution in [3.63, 3.8) is 0 Å². The van der Waals surface area contributed by atoms with Crippen molar-refractivity contribution in [2.75, 3.05) is 36.0 Å². The summed E-state index contributed by atoms with van der Waals surface area (Å²) in [6.07, 6.45) is -4.33. The SMILES string of the molecule is Cc1ccc(OCCCOC(=O)CCNC(=O)NNc2nc(C(F)(F)F)nc3ccccc23)c(C)c1.O=[N+]([O-])c1ccc(NNC(=S)NNc2ccc([N+](=O)[O-])cc2)cc1. The summed E-state index contributed by atoms with van der Waals surface area (Å²) < 4.78 is 50.0. The number of ether oxygens (including phenoxy) is 2. The lowest BCUT2D eigenvalue weighted by Crippen LogP contribution is -2.41. The molecule has 0 unspecified atom stereocenters. The highest BCUT2D eigenvalue weighted by atomic mass is 32.1. The van der Waals surface area contributed by atoms with Crippen LogP contribution in [0.25, 0.3) is 10.9 Å². The molecule has 23 heteroatoms. The van der Waals surface area contributed by atoms with E-state index in [4.69, 9.17) is 21.7 Å². The number of aryl methyl sites for hydroxylation is 2. The number of rotatable bonds is 16. The predicted molar refractivity (Wildman–Crippen MR) is 219 cm³/mol. The maximum absolute atomic E-state index is 13.1. The Hall–Kier alpha value is -7.56. The Morgan fingerprint density at radius 2 is 1.38 bits per heavy atom. The molecule has 5 aromatic rings. The molecule has 0 bridgehead atoms. The summed E-state index contributed by atoms with van der Waals surface area (Å²) in [7, 11) is 0. The van der Waals surface area contributed by atoms with E-state index in [1.54, 1.807) is 6.07 Å². The standard InChI is InChI=1S/C24H26F3N5O4.C13H12N6O4S/c1-15-8-9-19(16(2)14-15)35-12-5-13-36-20(33)10-11-28-23(34)32-31-21-17-6-3-4-7-18(17)29-22(30-21)24(25,26)27;20-18(21)11-5-1-9(2-6-11)14-16-13(24)17-15-10-3-7-12(8-4-10)19(22)23/h3-4,6-9,14H,5,10-13H2,1-2H3,(H2,28,32,34)(H,29,30,31);1-8,14-15H,(H2,16,17,24). The maximum Gasteiger partial charge on any atom is 0.451 e. The van der Waals surface area contributed by atoms with Crippen LogP contribution in [0.4, 0.5) is 46.5 Å². The van der Waals surface area contributed by atoms with Gasteiger partial charge in [0.2, 0.25) is 10.9 Å². The van der Waals surface area contributed by atoms with Crippen LogP contribution in [0, 0.1) is 34.1 Å². The van der Waals surface area contributed by atoms with Crippen molar-refractivity contribution in [2.24, 2.45) is 0 Å². The molecule has 0 spiro atoms. The van der Waals surface area contributed by atoms with Crippen molar-refractivity contribution in [3.05, 3.63) is 128 Å². The molecule has 4 aromatic carbocycles. The molecule has 7 N–H and O–H groups in total. The number of nitro benzene ring substituents is 2. The number of para-hydroxylation sites is 1. The number of alkyl halides is 3. The number of amides is 2. The second kappa shape index (κ2) is 21.8. The first-order chi connectivity index (χ1) is 28.6. The minimum atomic E-state index is -4.76. The van der Waals surface area contributed by atoms with Gasteiger partial charge in [0.05, 0.1) is 46.4 Å². The van der Waals surface area contributed by atoms with Gasteiger partial charge in [-0.05, 0) is 74.1 Å². The van der Waals surface area contributed by atoms with Crippen molar-refractivity contribution in [1.29, 1.82) is 0 Å². The van der Waals surface area contributed by atoms with Crippen molar-refractivity contribution < 1.29 is 42.1 Å². The van der Waals surface area contributed by atoms with E-state index in [0.29, 0.717) is 24.4 Å². The molecule has 0 atom stereocenters. The fourth-order valence-corrected chi connectivity index (χ4v) is 4.92. The van der Waals surface area contributed by atoms with Crippen LogP contribution in [0.3, 0.4) is 0 Å². The number of halogens is 3. The second-order valence-electron chi connectivity index (χ2n) is 12.3. The first-order valence-corrected chi connectivity index (χ1v) is 18.1. The molecule has 0 radical (unpaired) electrons. The number of nitro groups is 2. The molecule has 0 saturated carbocycles. The second-order valence-corrected chi connectivity index (χ2v) is 12.7. The average molecular weight is 854 g/mol. The number of esters is 1. The van der Waals surface area contributed by atoms with E-state index in [-0.39, 0.29) is 52.8 Å². The number of fused-ring (bicyclic) bond motifs is 1. The summed E-state index contributed by atoms with van der Waals surface area (Å²) in [5, 5.41) is 24.0.